The summed E-state index contributed by atoms with van der Waals surface area (Å²) in [5, 5.41) is 16.1. The van der Waals surface area contributed by atoms with Gasteiger partial charge in [-0.3, -0.25) is 19.3 Å². The fourth-order valence-electron chi connectivity index (χ4n) is 6.71. The highest BCUT2D eigenvalue weighted by Gasteiger charge is 2.43. The molecule has 3 N–H and O–H groups in total. The molecule has 4 rings (SSSR count). The number of hydrogen-bond acceptors (Lipinski definition) is 6. The maximum atomic E-state index is 14.3. The molecule has 0 bridgehead atoms. The average Bonchev–Trinajstić information content (AvgIpc) is 3.57. The topological polar surface area (TPSA) is 145 Å². The molecule has 11 nitrogen and oxygen atoms in total. The van der Waals surface area contributed by atoms with Crippen molar-refractivity contribution in [1.82, 2.24) is 20.4 Å². The first-order valence-corrected chi connectivity index (χ1v) is 17.0. The lowest BCUT2D eigenvalue weighted by molar-refractivity contribution is -0.146. The minimum absolute atomic E-state index is 0.133. The number of carbonyl (C=O) groups excluding carboxylic acids is 4. The van der Waals surface area contributed by atoms with E-state index in [1.165, 1.54) is 16.8 Å². The number of benzene rings is 2. The molecule has 1 heterocycles. The van der Waals surface area contributed by atoms with E-state index in [0.29, 0.717) is 19.4 Å². The number of likely N-dealkylation sites (tertiary alicyclic amines) is 1. The molecule has 1 aliphatic heterocycles. The molecular weight excluding hydrogens is 612 g/mol. The van der Waals surface area contributed by atoms with Crippen LogP contribution in [0.5, 0.6) is 0 Å². The quantitative estimate of drug-likeness (QED) is 0.316. The van der Waals surface area contributed by atoms with Gasteiger partial charge < -0.3 is 25.4 Å². The number of aliphatic carboxylic acids is 1. The lowest BCUT2D eigenvalue weighted by Gasteiger charge is -2.36. The minimum atomic E-state index is -1.29. The normalized spacial score (nSPS) is 18.8. The fourth-order valence-corrected chi connectivity index (χ4v) is 6.71. The van der Waals surface area contributed by atoms with Crippen LogP contribution in [-0.4, -0.2) is 88.1 Å². The zero-order chi connectivity index (χ0) is 35.0. The van der Waals surface area contributed by atoms with E-state index < -0.39 is 59.6 Å². The number of nitrogens with zero attached hydrogens (tertiary/aromatic N) is 2. The molecule has 1 saturated carbocycles. The first-order valence-electron chi connectivity index (χ1n) is 17.0. The summed E-state index contributed by atoms with van der Waals surface area (Å²) >= 11 is 0. The Morgan fingerprint density at radius 1 is 0.854 bits per heavy atom. The molecule has 2 aromatic carbocycles. The van der Waals surface area contributed by atoms with Crippen LogP contribution in [-0.2, 0) is 23.9 Å². The number of carboxylic acid groups (broad SMARTS) is 1. The van der Waals surface area contributed by atoms with Gasteiger partial charge in [0, 0.05) is 19.5 Å². The second-order valence-corrected chi connectivity index (χ2v) is 14.0. The maximum Gasteiger partial charge on any atom is 0.410 e. The fraction of sp³-hybridized carbons (Fsp3) is 0.541. The summed E-state index contributed by atoms with van der Waals surface area (Å²) < 4.78 is 5.43. The van der Waals surface area contributed by atoms with Crippen LogP contribution in [0.25, 0.3) is 0 Å². The Bertz CT molecular complexity index is 1380. The van der Waals surface area contributed by atoms with Crippen molar-refractivity contribution in [2.45, 2.75) is 108 Å². The third kappa shape index (κ3) is 9.14. The molecule has 4 amide bonds. The minimum Gasteiger partial charge on any atom is -0.480 e. The summed E-state index contributed by atoms with van der Waals surface area (Å²) in [5.74, 6) is -3.39. The van der Waals surface area contributed by atoms with Crippen molar-refractivity contribution in [3.05, 3.63) is 71.8 Å². The van der Waals surface area contributed by atoms with Gasteiger partial charge in [-0.1, -0.05) is 79.9 Å². The number of rotatable bonds is 11. The van der Waals surface area contributed by atoms with E-state index in [2.05, 4.69) is 10.6 Å². The first kappa shape index (κ1) is 36.4. The van der Waals surface area contributed by atoms with Gasteiger partial charge in [0.05, 0.1) is 0 Å². The number of amides is 4. The van der Waals surface area contributed by atoms with Crippen LogP contribution in [0.2, 0.25) is 0 Å². The van der Waals surface area contributed by atoms with Crippen molar-refractivity contribution in [1.29, 1.82) is 0 Å². The molecule has 0 spiro atoms. The predicted octanol–water partition coefficient (Wildman–Crippen LogP) is 4.70. The first-order chi connectivity index (χ1) is 22.8. The summed E-state index contributed by atoms with van der Waals surface area (Å²) in [7, 11) is 1.48. The van der Waals surface area contributed by atoms with Gasteiger partial charge in [0.15, 0.2) is 0 Å². The molecule has 0 unspecified atom stereocenters. The van der Waals surface area contributed by atoms with Crippen molar-refractivity contribution in [2.24, 2.45) is 5.92 Å². The van der Waals surface area contributed by atoms with Gasteiger partial charge in [0.1, 0.15) is 29.8 Å². The summed E-state index contributed by atoms with van der Waals surface area (Å²) in [6, 6.07) is 14.4. The Balaban J connectivity index is 1.55. The molecule has 0 radical (unpaired) electrons. The van der Waals surface area contributed by atoms with Gasteiger partial charge in [-0.2, -0.15) is 0 Å². The van der Waals surface area contributed by atoms with E-state index in [9.17, 15) is 29.1 Å². The second-order valence-electron chi connectivity index (χ2n) is 14.0. The highest BCUT2D eigenvalue weighted by atomic mass is 16.6. The molecule has 1 saturated heterocycles. The molecule has 4 atom stereocenters. The number of ether oxygens (including phenoxy) is 1. The highest BCUT2D eigenvalue weighted by molar-refractivity contribution is 5.95. The van der Waals surface area contributed by atoms with Gasteiger partial charge in [-0.25, -0.2) is 9.59 Å². The second kappa shape index (κ2) is 16.1. The van der Waals surface area contributed by atoms with E-state index in [4.69, 9.17) is 4.74 Å². The van der Waals surface area contributed by atoms with Crippen molar-refractivity contribution in [2.75, 3.05) is 13.6 Å². The van der Waals surface area contributed by atoms with Gasteiger partial charge in [-0.05, 0) is 70.4 Å². The Labute approximate surface area is 283 Å². The summed E-state index contributed by atoms with van der Waals surface area (Å²) in [6.07, 6.45) is 4.64. The van der Waals surface area contributed by atoms with Crippen molar-refractivity contribution < 1.29 is 33.8 Å². The zero-order valence-electron chi connectivity index (χ0n) is 28.7. The molecule has 2 aromatic rings. The Morgan fingerprint density at radius 2 is 1.42 bits per heavy atom. The van der Waals surface area contributed by atoms with Crippen LogP contribution < -0.4 is 10.6 Å². The van der Waals surface area contributed by atoms with Crippen LogP contribution >= 0.6 is 0 Å². The third-order valence-electron chi connectivity index (χ3n) is 9.38. The van der Waals surface area contributed by atoms with Gasteiger partial charge in [0.2, 0.25) is 17.7 Å². The van der Waals surface area contributed by atoms with E-state index in [0.717, 1.165) is 43.2 Å². The average molecular weight is 663 g/mol. The lowest BCUT2D eigenvalue weighted by atomic mass is 9.83. The number of likely N-dealkylation sites (N-methyl/N-ethyl adjacent to an activating group) is 1. The van der Waals surface area contributed by atoms with E-state index >= 15 is 0 Å². The molecule has 48 heavy (non-hydrogen) atoms. The third-order valence-corrected chi connectivity index (χ3v) is 9.38. The molecule has 11 heteroatoms. The molecule has 2 fully saturated rings. The number of carboxylic acids is 1. The van der Waals surface area contributed by atoms with Crippen molar-refractivity contribution in [3.63, 3.8) is 0 Å². The van der Waals surface area contributed by atoms with Gasteiger partial charge in [0.25, 0.3) is 0 Å². The Morgan fingerprint density at radius 3 is 1.94 bits per heavy atom. The highest BCUT2D eigenvalue weighted by Crippen LogP contribution is 2.31. The molecule has 260 valence electrons. The summed E-state index contributed by atoms with van der Waals surface area (Å²) in [6.45, 7) is 7.11. The Hall–Kier alpha value is -4.41. The maximum absolute atomic E-state index is 14.3. The van der Waals surface area contributed by atoms with Crippen molar-refractivity contribution in [3.8, 4) is 0 Å². The number of nitrogens with one attached hydrogen (secondary N) is 2. The van der Waals surface area contributed by atoms with Crippen LogP contribution in [0.15, 0.2) is 60.7 Å². The monoisotopic (exact) mass is 662 g/mol. The SMILES string of the molecule is C[C@@H](C(=O)N[C@H](C(=O)N1CCC[C@@H]1C(=O)N[C@@H](C(=O)O)C(c1ccccc1)c1ccccc1)C1CCCCC1)N(C)C(=O)OC(C)(C)C. The smallest absolute Gasteiger partial charge is 0.410 e. The van der Waals surface area contributed by atoms with Crippen LogP contribution in [0.1, 0.15) is 89.7 Å². The predicted molar refractivity (Wildman–Crippen MR) is 181 cm³/mol. The van der Waals surface area contributed by atoms with Gasteiger partial charge >= 0.3 is 12.1 Å². The Kier molecular flexibility index (Phi) is 12.2. The number of carbonyl (C=O) groups is 5. The van der Waals surface area contributed by atoms with Crippen LogP contribution in [0, 0.1) is 5.92 Å². The molecule has 1 aliphatic carbocycles. The van der Waals surface area contributed by atoms with Crippen LogP contribution in [0.3, 0.4) is 0 Å². The molecule has 0 aromatic heterocycles. The molecule has 2 aliphatic rings. The van der Waals surface area contributed by atoms with E-state index in [1.807, 2.05) is 60.7 Å². The largest absolute Gasteiger partial charge is 0.480 e. The van der Waals surface area contributed by atoms with Crippen molar-refractivity contribution >= 4 is 29.8 Å². The summed E-state index contributed by atoms with van der Waals surface area (Å²) in [4.78, 5) is 69.9. The number of hydrogen-bond donors (Lipinski definition) is 3. The van der Waals surface area contributed by atoms with Crippen LogP contribution in [0.4, 0.5) is 4.79 Å². The van der Waals surface area contributed by atoms with E-state index in [-0.39, 0.29) is 11.8 Å². The molecular formula is C37H50N4O7. The summed E-state index contributed by atoms with van der Waals surface area (Å²) in [5.41, 5.74) is 0.734. The zero-order valence-corrected chi connectivity index (χ0v) is 28.7. The lowest BCUT2D eigenvalue weighted by Crippen LogP contribution is -2.59. The van der Waals surface area contributed by atoms with Gasteiger partial charge in [-0.15, -0.1) is 0 Å². The standard InChI is InChI=1S/C37H50N4O7/c1-24(40(5)36(47)48-37(2,3)4)32(42)38-30(27-20-13-8-14-21-27)34(44)41-23-15-22-28(41)33(43)39-31(35(45)46)29(25-16-9-6-10-17-25)26-18-11-7-12-19-26/h6-7,9-12,16-19,24,27-31H,8,13-15,20-23H2,1-5H3,(H,38,42)(H,39,43)(H,45,46)/t24-,28+,30-,31+/m0/s1. The van der Waals surface area contributed by atoms with E-state index in [1.54, 1.807) is 27.7 Å².